The van der Waals surface area contributed by atoms with Crippen LogP contribution in [0, 0.1) is 0 Å². The molecule has 42 heavy (non-hydrogen) atoms. The van der Waals surface area contributed by atoms with Gasteiger partial charge in [0.1, 0.15) is 5.75 Å². The molecule has 0 fully saturated rings. The number of halogens is 7. The molecule has 0 aliphatic heterocycles. The Morgan fingerprint density at radius 1 is 0.738 bits per heavy atom. The highest BCUT2D eigenvalue weighted by Gasteiger charge is 2.35. The molecular weight excluding hydrogens is 578 g/mol. The monoisotopic (exact) mass is 606 g/mol. The van der Waals surface area contributed by atoms with Crippen molar-refractivity contribution < 1.29 is 31.1 Å². The number of rotatable bonds is 11. The van der Waals surface area contributed by atoms with E-state index in [2.05, 4.69) is 0 Å². The Morgan fingerprint density at radius 2 is 1.33 bits per heavy atom. The van der Waals surface area contributed by atoms with Gasteiger partial charge in [0, 0.05) is 37.3 Å². The predicted molar refractivity (Wildman–Crippen MR) is 152 cm³/mol. The maximum absolute atomic E-state index is 13.6. The predicted octanol–water partition coefficient (Wildman–Crippen LogP) is 9.06. The summed E-state index contributed by atoms with van der Waals surface area (Å²) in [6.45, 7) is 0.741. The van der Waals surface area contributed by atoms with Crippen LogP contribution in [0.1, 0.15) is 40.2 Å². The van der Waals surface area contributed by atoms with Crippen LogP contribution in [0.25, 0.3) is 0 Å². The van der Waals surface area contributed by atoms with E-state index in [9.17, 15) is 26.3 Å². The first-order chi connectivity index (χ1) is 19.9. The molecule has 0 atom stereocenters. The van der Waals surface area contributed by atoms with Gasteiger partial charge in [-0.2, -0.15) is 26.3 Å². The molecule has 4 aromatic rings. The largest absolute Gasteiger partial charge is 0.493 e. The van der Waals surface area contributed by atoms with Crippen LogP contribution < -0.4 is 10.5 Å². The summed E-state index contributed by atoms with van der Waals surface area (Å²) in [6.07, 6.45) is -8.94. The Kier molecular flexibility index (Phi) is 10.1. The van der Waals surface area contributed by atoms with E-state index < -0.39 is 23.5 Å². The van der Waals surface area contributed by atoms with Crippen LogP contribution in [-0.4, -0.2) is 24.6 Å². The average molecular weight is 607 g/mol. The fourth-order valence-electron chi connectivity index (χ4n) is 4.79. The van der Waals surface area contributed by atoms with Crippen molar-refractivity contribution in [3.05, 3.63) is 130 Å². The molecule has 3 nitrogen and oxygen atoms in total. The van der Waals surface area contributed by atoms with Crippen molar-refractivity contribution in [3.63, 3.8) is 0 Å². The third-order valence-electron chi connectivity index (χ3n) is 6.81. The summed E-state index contributed by atoms with van der Waals surface area (Å²) in [5.74, 6) is -0.509. The third kappa shape index (κ3) is 8.20. The lowest BCUT2D eigenvalue weighted by Crippen LogP contribution is -2.31. The minimum absolute atomic E-state index is 0.0688. The molecule has 0 saturated heterocycles. The summed E-state index contributed by atoms with van der Waals surface area (Å²) >= 11 is 6.23. The normalized spacial score (nSPS) is 12.2. The first-order valence-corrected chi connectivity index (χ1v) is 13.6. The first-order valence-electron chi connectivity index (χ1n) is 13.2. The van der Waals surface area contributed by atoms with E-state index in [0.717, 1.165) is 35.4 Å². The Labute approximate surface area is 245 Å². The van der Waals surface area contributed by atoms with Gasteiger partial charge in [-0.15, -0.1) is 0 Å². The van der Waals surface area contributed by atoms with Gasteiger partial charge < -0.3 is 10.5 Å². The summed E-state index contributed by atoms with van der Waals surface area (Å²) in [6, 6.07) is 26.3. The molecule has 4 rings (SSSR count). The SMILES string of the molecule is Nc1ccc(C(F)(F)F)c(OCCCN(Cc2cccc(C(F)(F)F)c2Cl)CC(c2ccccc2)c2ccccc2)c1. The van der Waals surface area contributed by atoms with Crippen LogP contribution in [0.3, 0.4) is 0 Å². The van der Waals surface area contributed by atoms with Crippen molar-refractivity contribution in [1.82, 2.24) is 4.90 Å². The Bertz CT molecular complexity index is 1410. The fraction of sp³-hybridized carbons (Fsp3) is 0.250. The third-order valence-corrected chi connectivity index (χ3v) is 7.26. The highest BCUT2D eigenvalue weighted by Crippen LogP contribution is 2.38. The molecule has 0 aromatic heterocycles. The standard InChI is InChI=1S/C32H29ClF6N2O/c33-30-24(13-7-14-28(30)32(37,38)39)20-41(17-8-18-42-29-19-25(40)15-16-27(29)31(34,35)36)21-26(22-9-3-1-4-10-22)23-11-5-2-6-12-23/h1-7,9-16,19,26H,8,17-18,20-21,40H2. The van der Waals surface area contributed by atoms with E-state index in [1.807, 2.05) is 65.6 Å². The van der Waals surface area contributed by atoms with E-state index in [1.165, 1.54) is 6.07 Å². The number of hydrogen-bond donors (Lipinski definition) is 1. The lowest BCUT2D eigenvalue weighted by Gasteiger charge is -2.29. The molecule has 0 heterocycles. The van der Waals surface area contributed by atoms with Crippen molar-refractivity contribution in [1.29, 1.82) is 0 Å². The highest BCUT2D eigenvalue weighted by molar-refractivity contribution is 6.32. The average Bonchev–Trinajstić information content (AvgIpc) is 2.94. The summed E-state index contributed by atoms with van der Waals surface area (Å²) < 4.78 is 86.6. The van der Waals surface area contributed by atoms with E-state index >= 15 is 0 Å². The van der Waals surface area contributed by atoms with Gasteiger partial charge in [0.15, 0.2) is 0 Å². The van der Waals surface area contributed by atoms with E-state index in [1.54, 1.807) is 6.07 Å². The number of nitrogen functional groups attached to an aromatic ring is 1. The van der Waals surface area contributed by atoms with Gasteiger partial charge in [0.25, 0.3) is 0 Å². The topological polar surface area (TPSA) is 38.5 Å². The van der Waals surface area contributed by atoms with Crippen molar-refractivity contribution in [2.24, 2.45) is 0 Å². The number of alkyl halides is 6. The molecule has 0 radical (unpaired) electrons. The lowest BCUT2D eigenvalue weighted by molar-refractivity contribution is -0.139. The Morgan fingerprint density at radius 3 is 1.90 bits per heavy atom. The minimum Gasteiger partial charge on any atom is -0.493 e. The van der Waals surface area contributed by atoms with E-state index in [-0.39, 0.29) is 35.5 Å². The lowest BCUT2D eigenvalue weighted by atomic mass is 9.90. The number of nitrogens with two attached hydrogens (primary N) is 1. The van der Waals surface area contributed by atoms with Gasteiger partial charge in [-0.1, -0.05) is 84.4 Å². The van der Waals surface area contributed by atoms with Gasteiger partial charge in [0.2, 0.25) is 0 Å². The van der Waals surface area contributed by atoms with Gasteiger partial charge in [-0.25, -0.2) is 0 Å². The number of ether oxygens (including phenoxy) is 1. The molecule has 0 saturated carbocycles. The van der Waals surface area contributed by atoms with Crippen molar-refractivity contribution >= 4 is 17.3 Å². The van der Waals surface area contributed by atoms with Crippen molar-refractivity contribution in [3.8, 4) is 5.75 Å². The van der Waals surface area contributed by atoms with Crippen LogP contribution in [0.5, 0.6) is 5.75 Å². The molecule has 0 bridgehead atoms. The number of nitrogens with zero attached hydrogens (tertiary/aromatic N) is 1. The molecule has 0 aliphatic rings. The molecule has 0 amide bonds. The van der Waals surface area contributed by atoms with Crippen molar-refractivity contribution in [2.75, 3.05) is 25.4 Å². The molecular formula is C32H29ClF6N2O. The van der Waals surface area contributed by atoms with Crippen LogP contribution >= 0.6 is 11.6 Å². The molecule has 0 spiro atoms. The Hall–Kier alpha value is -3.69. The summed E-state index contributed by atoms with van der Waals surface area (Å²) in [7, 11) is 0. The molecule has 4 aromatic carbocycles. The van der Waals surface area contributed by atoms with E-state index in [4.69, 9.17) is 22.1 Å². The van der Waals surface area contributed by atoms with Crippen LogP contribution in [-0.2, 0) is 18.9 Å². The zero-order valence-corrected chi connectivity index (χ0v) is 23.2. The molecule has 0 aliphatic carbocycles. The molecule has 10 heteroatoms. The Balaban J connectivity index is 1.59. The maximum atomic E-state index is 13.6. The van der Waals surface area contributed by atoms with Crippen LogP contribution in [0.2, 0.25) is 5.02 Å². The van der Waals surface area contributed by atoms with Crippen molar-refractivity contribution in [2.45, 2.75) is 31.2 Å². The summed E-state index contributed by atoms with van der Waals surface area (Å²) in [5, 5.41) is -0.378. The number of anilines is 1. The molecule has 222 valence electrons. The highest BCUT2D eigenvalue weighted by atomic mass is 35.5. The van der Waals surface area contributed by atoms with Crippen LogP contribution in [0.4, 0.5) is 32.0 Å². The molecule has 2 N–H and O–H groups in total. The van der Waals surface area contributed by atoms with Gasteiger partial charge in [-0.3, -0.25) is 4.90 Å². The first kappa shape index (κ1) is 31.3. The van der Waals surface area contributed by atoms with Gasteiger partial charge in [-0.05, 0) is 41.3 Å². The maximum Gasteiger partial charge on any atom is 0.419 e. The second-order valence-corrected chi connectivity index (χ2v) is 10.2. The zero-order chi connectivity index (χ0) is 30.3. The summed E-state index contributed by atoms with van der Waals surface area (Å²) in [5.41, 5.74) is 6.27. The zero-order valence-electron chi connectivity index (χ0n) is 22.4. The number of benzene rings is 4. The summed E-state index contributed by atoms with van der Waals surface area (Å²) in [4.78, 5) is 1.94. The minimum atomic E-state index is -4.62. The molecule has 0 unspecified atom stereocenters. The van der Waals surface area contributed by atoms with Gasteiger partial charge >= 0.3 is 12.4 Å². The second kappa shape index (κ2) is 13.5. The number of hydrogen-bond acceptors (Lipinski definition) is 3. The smallest absolute Gasteiger partial charge is 0.419 e. The van der Waals surface area contributed by atoms with E-state index in [0.29, 0.717) is 25.1 Å². The fourth-order valence-corrected chi connectivity index (χ4v) is 5.08. The second-order valence-electron chi connectivity index (χ2n) is 9.84. The van der Waals surface area contributed by atoms with Gasteiger partial charge in [0.05, 0.1) is 22.8 Å². The van der Waals surface area contributed by atoms with Crippen LogP contribution in [0.15, 0.2) is 97.1 Å². The quantitative estimate of drug-likeness (QED) is 0.105.